The van der Waals surface area contributed by atoms with E-state index in [4.69, 9.17) is 0 Å². The molecule has 0 saturated carbocycles. The lowest BCUT2D eigenvalue weighted by molar-refractivity contribution is 0.510. The van der Waals surface area contributed by atoms with Crippen LogP contribution in [0.2, 0.25) is 0 Å². The molecule has 0 aliphatic rings. The van der Waals surface area contributed by atoms with Crippen molar-refractivity contribution in [3.8, 4) is 0 Å². The van der Waals surface area contributed by atoms with Crippen molar-refractivity contribution in [2.24, 2.45) is 0 Å². The number of rotatable bonds is 3. The minimum atomic E-state index is 0.270. The summed E-state index contributed by atoms with van der Waals surface area (Å²) in [7, 11) is 0. The van der Waals surface area contributed by atoms with E-state index in [1.54, 1.807) is 18.3 Å². The molecule has 0 radical (unpaired) electrons. The molecule has 86 valence electrons. The van der Waals surface area contributed by atoms with E-state index >= 15 is 0 Å². The third-order valence-corrected chi connectivity index (χ3v) is 2.68. The fraction of sp³-hybridized carbons (Fsp3) is 0.133. The molecule has 0 spiro atoms. The van der Waals surface area contributed by atoms with Crippen LogP contribution in [-0.2, 0) is 0 Å². The second-order valence-corrected chi connectivity index (χ2v) is 3.81. The molecule has 0 saturated heterocycles. The van der Waals surface area contributed by atoms with E-state index in [1.165, 1.54) is 0 Å². The highest BCUT2D eigenvalue weighted by molar-refractivity contribution is 5.92. The number of aliphatic hydroxyl groups excluding tert-OH is 1. The molecule has 1 aromatic heterocycles. The molecule has 0 amide bonds. The van der Waals surface area contributed by atoms with Crippen LogP contribution in [0.3, 0.4) is 0 Å². The van der Waals surface area contributed by atoms with Crippen LogP contribution < -0.4 is 0 Å². The van der Waals surface area contributed by atoms with Gasteiger partial charge in [0.25, 0.3) is 0 Å². The lowest BCUT2D eigenvalue weighted by Crippen LogP contribution is -1.92. The normalized spacial score (nSPS) is 11.7. The van der Waals surface area contributed by atoms with Gasteiger partial charge >= 0.3 is 0 Å². The molecule has 2 rings (SSSR count). The van der Waals surface area contributed by atoms with Gasteiger partial charge in [-0.15, -0.1) is 0 Å². The third-order valence-electron chi connectivity index (χ3n) is 2.68. The minimum Gasteiger partial charge on any atom is -0.508 e. The van der Waals surface area contributed by atoms with Crippen LogP contribution in [0, 0.1) is 0 Å². The van der Waals surface area contributed by atoms with Crippen LogP contribution in [0.25, 0.3) is 22.7 Å². The zero-order valence-corrected chi connectivity index (χ0v) is 9.85. The van der Waals surface area contributed by atoms with Gasteiger partial charge < -0.3 is 5.11 Å². The van der Waals surface area contributed by atoms with E-state index in [1.807, 2.05) is 31.2 Å². The molecule has 0 bridgehead atoms. The Morgan fingerprint density at radius 1 is 1.41 bits per heavy atom. The molecule has 0 unspecified atom stereocenters. The third kappa shape index (κ3) is 2.07. The van der Waals surface area contributed by atoms with Gasteiger partial charge in [-0.1, -0.05) is 37.8 Å². The predicted octanol–water partition coefficient (Wildman–Crippen LogP) is 4.19. The Balaban J connectivity index is 2.80. The van der Waals surface area contributed by atoms with Crippen LogP contribution in [-0.4, -0.2) is 10.1 Å². The predicted molar refractivity (Wildman–Crippen MR) is 72.7 cm³/mol. The second-order valence-electron chi connectivity index (χ2n) is 3.81. The van der Waals surface area contributed by atoms with Crippen LogP contribution in [0.4, 0.5) is 0 Å². The van der Waals surface area contributed by atoms with E-state index in [0.29, 0.717) is 0 Å². The molecular weight excluding hydrogens is 210 g/mol. The van der Waals surface area contributed by atoms with Gasteiger partial charge in [0.15, 0.2) is 0 Å². The first kappa shape index (κ1) is 11.4. The van der Waals surface area contributed by atoms with E-state index in [2.05, 4.69) is 11.6 Å². The molecule has 1 N–H and O–H groups in total. The number of hydrogen-bond donors (Lipinski definition) is 1. The second kappa shape index (κ2) is 4.83. The van der Waals surface area contributed by atoms with Gasteiger partial charge in [0.1, 0.15) is 5.76 Å². The molecule has 17 heavy (non-hydrogen) atoms. The van der Waals surface area contributed by atoms with Gasteiger partial charge in [-0.05, 0) is 24.1 Å². The highest BCUT2D eigenvalue weighted by atomic mass is 16.3. The highest BCUT2D eigenvalue weighted by Crippen LogP contribution is 2.26. The quantitative estimate of drug-likeness (QED) is 0.794. The van der Waals surface area contributed by atoms with Crippen molar-refractivity contribution in [1.82, 2.24) is 4.98 Å². The number of allylic oxidation sites excluding steroid dienone is 1. The summed E-state index contributed by atoms with van der Waals surface area (Å²) in [6.45, 7) is 5.76. The summed E-state index contributed by atoms with van der Waals surface area (Å²) in [5.41, 5.74) is 2.48. The summed E-state index contributed by atoms with van der Waals surface area (Å²) in [6.07, 6.45) is 6.04. The van der Waals surface area contributed by atoms with Crippen molar-refractivity contribution in [1.29, 1.82) is 0 Å². The van der Waals surface area contributed by atoms with Crippen molar-refractivity contribution in [2.45, 2.75) is 13.3 Å². The van der Waals surface area contributed by atoms with Crippen molar-refractivity contribution in [3.05, 3.63) is 54.2 Å². The first-order valence-corrected chi connectivity index (χ1v) is 5.67. The number of hydrogen-bond acceptors (Lipinski definition) is 2. The van der Waals surface area contributed by atoms with Crippen LogP contribution >= 0.6 is 0 Å². The number of aliphatic hydroxyl groups is 1. The molecule has 1 heterocycles. The summed E-state index contributed by atoms with van der Waals surface area (Å²) >= 11 is 0. The average molecular weight is 225 g/mol. The molecular formula is C15H15NO. The molecule has 2 heteroatoms. The largest absolute Gasteiger partial charge is 0.508 e. The Morgan fingerprint density at radius 3 is 2.94 bits per heavy atom. The molecule has 0 aliphatic heterocycles. The number of aromatic nitrogens is 1. The summed E-state index contributed by atoms with van der Waals surface area (Å²) in [5, 5.41) is 11.1. The van der Waals surface area contributed by atoms with E-state index in [-0.39, 0.29) is 5.76 Å². The van der Waals surface area contributed by atoms with Crippen LogP contribution in [0.15, 0.2) is 43.1 Å². The van der Waals surface area contributed by atoms with Crippen molar-refractivity contribution in [3.63, 3.8) is 0 Å². The van der Waals surface area contributed by atoms with Crippen LogP contribution in [0.5, 0.6) is 0 Å². The van der Waals surface area contributed by atoms with Crippen molar-refractivity contribution in [2.75, 3.05) is 0 Å². The Hall–Kier alpha value is -2.09. The summed E-state index contributed by atoms with van der Waals surface area (Å²) in [4.78, 5) is 4.34. The lowest BCUT2D eigenvalue weighted by atomic mass is 10.0. The summed E-state index contributed by atoms with van der Waals surface area (Å²) < 4.78 is 0. The molecule has 2 aromatic rings. The maximum atomic E-state index is 10.1. The Kier molecular flexibility index (Phi) is 3.24. The van der Waals surface area contributed by atoms with Crippen molar-refractivity contribution >= 4 is 22.7 Å². The number of benzene rings is 1. The minimum absolute atomic E-state index is 0.270. The van der Waals surface area contributed by atoms with Gasteiger partial charge in [-0.25, -0.2) is 0 Å². The highest BCUT2D eigenvalue weighted by Gasteiger charge is 2.10. The fourth-order valence-corrected chi connectivity index (χ4v) is 1.90. The van der Waals surface area contributed by atoms with Gasteiger partial charge in [0.2, 0.25) is 0 Å². The van der Waals surface area contributed by atoms with Crippen LogP contribution in [0.1, 0.15) is 24.5 Å². The Morgan fingerprint density at radius 2 is 2.24 bits per heavy atom. The first-order chi connectivity index (χ1) is 8.27. The standard InChI is InChI=1S/C15H15NO/c1-3-6-13(17)14-11(4-2)8-9-12-7-5-10-16-15(12)14/h4-10,17H,2-3H2,1H3/b13-6+. The maximum Gasteiger partial charge on any atom is 0.121 e. The van der Waals surface area contributed by atoms with Gasteiger partial charge in [-0.3, -0.25) is 4.98 Å². The average Bonchev–Trinajstić information content (AvgIpc) is 2.37. The number of nitrogens with zero attached hydrogens (tertiary/aromatic N) is 1. The molecule has 0 aliphatic carbocycles. The Labute approximate surface area is 101 Å². The summed E-state index contributed by atoms with van der Waals surface area (Å²) in [5.74, 6) is 0.270. The molecule has 1 aromatic carbocycles. The fourth-order valence-electron chi connectivity index (χ4n) is 1.90. The SMILES string of the molecule is C=Cc1ccc2cccnc2c1/C(O)=C\CC. The number of fused-ring (bicyclic) bond motifs is 1. The molecule has 2 nitrogen and oxygen atoms in total. The van der Waals surface area contributed by atoms with Gasteiger partial charge in [0, 0.05) is 17.1 Å². The van der Waals surface area contributed by atoms with E-state index in [0.717, 1.165) is 28.5 Å². The van der Waals surface area contributed by atoms with Gasteiger partial charge in [-0.2, -0.15) is 0 Å². The van der Waals surface area contributed by atoms with E-state index < -0.39 is 0 Å². The molecule has 0 fully saturated rings. The topological polar surface area (TPSA) is 33.1 Å². The number of pyridine rings is 1. The Bertz CT molecular complexity index is 584. The molecule has 0 atom stereocenters. The lowest BCUT2D eigenvalue weighted by Gasteiger charge is -2.09. The summed E-state index contributed by atoms with van der Waals surface area (Å²) in [6, 6.07) is 7.81. The van der Waals surface area contributed by atoms with E-state index in [9.17, 15) is 5.11 Å². The maximum absolute atomic E-state index is 10.1. The zero-order valence-electron chi connectivity index (χ0n) is 9.85. The van der Waals surface area contributed by atoms with Gasteiger partial charge in [0.05, 0.1) is 5.52 Å². The smallest absolute Gasteiger partial charge is 0.121 e. The monoisotopic (exact) mass is 225 g/mol. The first-order valence-electron chi connectivity index (χ1n) is 5.67. The zero-order chi connectivity index (χ0) is 12.3. The van der Waals surface area contributed by atoms with Crippen molar-refractivity contribution < 1.29 is 5.11 Å².